The Hall–Kier alpha value is -2.85. The first-order chi connectivity index (χ1) is 12.3. The first-order valence-electron chi connectivity index (χ1n) is 8.47. The number of anilines is 1. The highest BCUT2D eigenvalue weighted by Crippen LogP contribution is 2.20. The van der Waals surface area contributed by atoms with Crippen molar-refractivity contribution in [2.45, 2.75) is 13.0 Å². The molecule has 0 aliphatic heterocycles. The largest absolute Gasteiger partial charge is 0.396 e. The number of fused-ring (bicyclic) bond motifs is 1. The highest BCUT2D eigenvalue weighted by atomic mass is 16.3. The number of rotatable bonds is 7. The van der Waals surface area contributed by atoms with Crippen molar-refractivity contribution in [2.75, 3.05) is 18.5 Å². The Morgan fingerprint density at radius 1 is 0.920 bits per heavy atom. The third-order valence-corrected chi connectivity index (χ3v) is 4.13. The lowest BCUT2D eigenvalue weighted by Crippen LogP contribution is -2.24. The molecule has 4 heteroatoms. The van der Waals surface area contributed by atoms with Crippen molar-refractivity contribution in [2.24, 2.45) is 0 Å². The van der Waals surface area contributed by atoms with Crippen LogP contribution in [-0.4, -0.2) is 24.2 Å². The fraction of sp³-hybridized carbons (Fsp3) is 0.190. The molecule has 0 aliphatic rings. The number of carbonyl (C=O) groups is 1. The van der Waals surface area contributed by atoms with Crippen LogP contribution in [0.25, 0.3) is 10.8 Å². The molecule has 0 spiro atoms. The molecule has 3 rings (SSSR count). The van der Waals surface area contributed by atoms with E-state index < -0.39 is 0 Å². The molecule has 0 bridgehead atoms. The van der Waals surface area contributed by atoms with Gasteiger partial charge < -0.3 is 15.7 Å². The van der Waals surface area contributed by atoms with E-state index in [1.807, 2.05) is 18.2 Å². The van der Waals surface area contributed by atoms with Crippen LogP contribution in [0.3, 0.4) is 0 Å². The highest BCUT2D eigenvalue weighted by molar-refractivity contribution is 5.94. The van der Waals surface area contributed by atoms with E-state index >= 15 is 0 Å². The molecule has 3 N–H and O–H groups in total. The fourth-order valence-corrected chi connectivity index (χ4v) is 2.77. The molecule has 0 aromatic heterocycles. The van der Waals surface area contributed by atoms with E-state index in [1.165, 1.54) is 16.3 Å². The first-order valence-corrected chi connectivity index (χ1v) is 8.47. The molecule has 1 amide bonds. The summed E-state index contributed by atoms with van der Waals surface area (Å²) in [6, 6.07) is 22.1. The van der Waals surface area contributed by atoms with Gasteiger partial charge in [-0.05, 0) is 47.0 Å². The van der Waals surface area contributed by atoms with Gasteiger partial charge in [-0.15, -0.1) is 0 Å². The molecule has 0 aliphatic carbocycles. The molecule has 25 heavy (non-hydrogen) atoms. The highest BCUT2D eigenvalue weighted by Gasteiger charge is 2.05. The fourth-order valence-electron chi connectivity index (χ4n) is 2.77. The summed E-state index contributed by atoms with van der Waals surface area (Å²) in [6.45, 7) is 1.29. The van der Waals surface area contributed by atoms with Crippen molar-refractivity contribution in [3.05, 3.63) is 77.9 Å². The number of nitrogens with one attached hydrogen (secondary N) is 2. The van der Waals surface area contributed by atoms with Crippen LogP contribution in [0.2, 0.25) is 0 Å². The Morgan fingerprint density at radius 3 is 2.48 bits per heavy atom. The van der Waals surface area contributed by atoms with Gasteiger partial charge in [-0.2, -0.15) is 0 Å². The molecule has 0 radical (unpaired) electrons. The van der Waals surface area contributed by atoms with Crippen molar-refractivity contribution in [3.63, 3.8) is 0 Å². The number of amides is 1. The maximum absolute atomic E-state index is 11.9. The number of aliphatic hydroxyl groups excluding tert-OH is 1. The van der Waals surface area contributed by atoms with Crippen LogP contribution in [-0.2, 0) is 6.54 Å². The lowest BCUT2D eigenvalue weighted by molar-refractivity contribution is 0.0951. The third-order valence-electron chi connectivity index (χ3n) is 4.13. The predicted octanol–water partition coefficient (Wildman–Crippen LogP) is 3.56. The molecule has 0 saturated heterocycles. The predicted molar refractivity (Wildman–Crippen MR) is 102 cm³/mol. The molecule has 0 atom stereocenters. The lowest BCUT2D eigenvalue weighted by atomic mass is 10.0. The van der Waals surface area contributed by atoms with Crippen LogP contribution >= 0.6 is 0 Å². The van der Waals surface area contributed by atoms with E-state index in [9.17, 15) is 4.79 Å². The molecule has 0 unspecified atom stereocenters. The maximum Gasteiger partial charge on any atom is 0.251 e. The van der Waals surface area contributed by atoms with Crippen molar-refractivity contribution in [3.8, 4) is 0 Å². The molecule has 3 aromatic carbocycles. The smallest absolute Gasteiger partial charge is 0.251 e. The van der Waals surface area contributed by atoms with E-state index in [-0.39, 0.29) is 12.5 Å². The number of carbonyl (C=O) groups excluding carboxylic acids is 1. The van der Waals surface area contributed by atoms with Gasteiger partial charge in [0.15, 0.2) is 0 Å². The van der Waals surface area contributed by atoms with Crippen LogP contribution in [0.15, 0.2) is 66.7 Å². The third kappa shape index (κ3) is 4.37. The molecule has 128 valence electrons. The molecule has 3 aromatic rings. The first kappa shape index (κ1) is 17.0. The summed E-state index contributed by atoms with van der Waals surface area (Å²) in [4.78, 5) is 11.9. The second-order valence-electron chi connectivity index (χ2n) is 5.90. The topological polar surface area (TPSA) is 61.4 Å². The normalized spacial score (nSPS) is 10.6. The van der Waals surface area contributed by atoms with Crippen molar-refractivity contribution < 1.29 is 9.90 Å². The van der Waals surface area contributed by atoms with E-state index in [0.29, 0.717) is 18.5 Å². The van der Waals surface area contributed by atoms with Gasteiger partial charge >= 0.3 is 0 Å². The van der Waals surface area contributed by atoms with Gasteiger partial charge in [0.1, 0.15) is 0 Å². The van der Waals surface area contributed by atoms with Gasteiger partial charge in [0.25, 0.3) is 5.91 Å². The number of aliphatic hydroxyl groups is 1. The van der Waals surface area contributed by atoms with E-state index in [0.717, 1.165) is 12.2 Å². The standard InChI is InChI=1S/C21H22N2O2/c24-14-4-13-22-21(25)17-9-11-19(12-10-17)23-15-18-7-3-6-16-5-1-2-8-20(16)18/h1-3,5-12,23-24H,4,13-15H2,(H,22,25). The number of hydrogen-bond donors (Lipinski definition) is 3. The van der Waals surface area contributed by atoms with Crippen LogP contribution in [0.1, 0.15) is 22.3 Å². The number of benzene rings is 3. The second-order valence-corrected chi connectivity index (χ2v) is 5.90. The second kappa shape index (κ2) is 8.31. The summed E-state index contributed by atoms with van der Waals surface area (Å²) in [7, 11) is 0. The Balaban J connectivity index is 1.63. The van der Waals surface area contributed by atoms with Gasteiger partial charge in [0.05, 0.1) is 0 Å². The summed E-state index contributed by atoms with van der Waals surface area (Å²) in [5.74, 6) is -0.117. The number of hydrogen-bond acceptors (Lipinski definition) is 3. The minimum absolute atomic E-state index is 0.0807. The van der Waals surface area contributed by atoms with Crippen LogP contribution in [0, 0.1) is 0 Å². The molecular weight excluding hydrogens is 312 g/mol. The minimum atomic E-state index is -0.117. The van der Waals surface area contributed by atoms with E-state index in [1.54, 1.807) is 12.1 Å². The van der Waals surface area contributed by atoms with E-state index in [2.05, 4.69) is 47.0 Å². The molecule has 0 heterocycles. The van der Waals surface area contributed by atoms with Crippen LogP contribution in [0.4, 0.5) is 5.69 Å². The summed E-state index contributed by atoms with van der Waals surface area (Å²) in [6.07, 6.45) is 0.566. The Labute approximate surface area is 147 Å². The van der Waals surface area contributed by atoms with E-state index in [4.69, 9.17) is 5.11 Å². The summed E-state index contributed by atoms with van der Waals surface area (Å²) in [5, 5.41) is 17.4. The van der Waals surface area contributed by atoms with Crippen LogP contribution < -0.4 is 10.6 Å². The van der Waals surface area contributed by atoms with Gasteiger partial charge in [-0.3, -0.25) is 4.79 Å². The Kier molecular flexibility index (Phi) is 5.65. The van der Waals surface area contributed by atoms with Crippen molar-refractivity contribution in [1.82, 2.24) is 5.32 Å². The SMILES string of the molecule is O=C(NCCCO)c1ccc(NCc2cccc3ccccc23)cc1. The van der Waals surface area contributed by atoms with Gasteiger partial charge in [0, 0.05) is 30.9 Å². The van der Waals surface area contributed by atoms with Crippen molar-refractivity contribution >= 4 is 22.4 Å². The summed E-state index contributed by atoms with van der Waals surface area (Å²) < 4.78 is 0. The Bertz CT molecular complexity index is 839. The van der Waals surface area contributed by atoms with Gasteiger partial charge in [-0.1, -0.05) is 42.5 Å². The molecule has 4 nitrogen and oxygen atoms in total. The van der Waals surface area contributed by atoms with Crippen LogP contribution in [0.5, 0.6) is 0 Å². The lowest BCUT2D eigenvalue weighted by Gasteiger charge is -2.10. The maximum atomic E-state index is 11.9. The molecule has 0 saturated carbocycles. The molecule has 0 fully saturated rings. The average Bonchev–Trinajstić information content (AvgIpc) is 2.67. The quantitative estimate of drug-likeness (QED) is 0.579. The zero-order valence-electron chi connectivity index (χ0n) is 14.0. The van der Waals surface area contributed by atoms with Crippen molar-refractivity contribution in [1.29, 1.82) is 0 Å². The van der Waals surface area contributed by atoms with Gasteiger partial charge in [-0.25, -0.2) is 0 Å². The average molecular weight is 334 g/mol. The minimum Gasteiger partial charge on any atom is -0.396 e. The Morgan fingerprint density at radius 2 is 1.68 bits per heavy atom. The summed E-state index contributed by atoms with van der Waals surface area (Å²) >= 11 is 0. The zero-order valence-corrected chi connectivity index (χ0v) is 14.0. The summed E-state index contributed by atoms with van der Waals surface area (Å²) in [5.41, 5.74) is 2.83. The van der Waals surface area contributed by atoms with Gasteiger partial charge in [0.2, 0.25) is 0 Å². The zero-order chi connectivity index (χ0) is 17.5. The monoisotopic (exact) mass is 334 g/mol. The molecular formula is C21H22N2O2.